The summed E-state index contributed by atoms with van der Waals surface area (Å²) in [4.78, 5) is 4.44. The molecule has 0 spiro atoms. The van der Waals surface area contributed by atoms with Crippen molar-refractivity contribution in [3.05, 3.63) is 78.5 Å². The Balaban J connectivity index is 2.13. The molecule has 0 aliphatic rings. The van der Waals surface area contributed by atoms with Gasteiger partial charge >= 0.3 is 0 Å². The van der Waals surface area contributed by atoms with E-state index in [1.54, 1.807) is 0 Å². The van der Waals surface area contributed by atoms with Crippen LogP contribution < -0.4 is 11.3 Å². The lowest BCUT2D eigenvalue weighted by Gasteiger charge is -2.10. The Morgan fingerprint density at radius 2 is 1.57 bits per heavy atom. The summed E-state index contributed by atoms with van der Waals surface area (Å²) in [6, 6.07) is 22.1. The van der Waals surface area contributed by atoms with Crippen molar-refractivity contribution in [2.75, 3.05) is 5.84 Å². The van der Waals surface area contributed by atoms with Crippen LogP contribution in [0.25, 0.3) is 28.0 Å². The molecule has 0 atom stereocenters. The number of nitrogens with one attached hydrogen (secondary N) is 1. The van der Waals surface area contributed by atoms with E-state index in [4.69, 9.17) is 11.3 Å². The highest BCUT2D eigenvalue weighted by atomic mass is 15.3. The number of aromatic nitrogens is 3. The second-order valence-electron chi connectivity index (χ2n) is 5.30. The molecule has 2 aromatic heterocycles. The molecule has 5 nitrogen and oxygen atoms in total. The van der Waals surface area contributed by atoms with Crippen molar-refractivity contribution in [2.24, 2.45) is 0 Å². The number of nitrogens with zero attached hydrogens (tertiary/aromatic N) is 3. The van der Waals surface area contributed by atoms with E-state index in [1.165, 1.54) is 11.0 Å². The van der Waals surface area contributed by atoms with Crippen LogP contribution in [-0.2, 0) is 0 Å². The summed E-state index contributed by atoms with van der Waals surface area (Å²) in [6.07, 6.45) is 1.47. The van der Waals surface area contributed by atoms with E-state index in [-0.39, 0.29) is 5.49 Å². The Kier molecular flexibility index (Phi) is 2.98. The molecular formula is C18H15N5. The highest BCUT2D eigenvalue weighted by molar-refractivity contribution is 5.85. The van der Waals surface area contributed by atoms with Gasteiger partial charge in [0.2, 0.25) is 0 Å². The summed E-state index contributed by atoms with van der Waals surface area (Å²) in [6.45, 7) is 0. The maximum atomic E-state index is 8.21. The van der Waals surface area contributed by atoms with Gasteiger partial charge in [-0.2, -0.15) is 0 Å². The van der Waals surface area contributed by atoms with Crippen molar-refractivity contribution in [1.29, 1.82) is 5.41 Å². The minimum Gasteiger partial charge on any atom is -0.336 e. The van der Waals surface area contributed by atoms with Gasteiger partial charge < -0.3 is 5.84 Å². The van der Waals surface area contributed by atoms with E-state index < -0.39 is 0 Å². The lowest BCUT2D eigenvalue weighted by atomic mass is 10.1. The van der Waals surface area contributed by atoms with Crippen molar-refractivity contribution in [3.8, 4) is 16.9 Å². The number of fused-ring (bicyclic) bond motifs is 1. The molecule has 4 aromatic rings. The maximum Gasteiger partial charge on any atom is 0.156 e. The molecule has 0 saturated heterocycles. The number of hydrogen-bond donors (Lipinski definition) is 2. The second-order valence-corrected chi connectivity index (χ2v) is 5.30. The minimum absolute atomic E-state index is 0.238. The van der Waals surface area contributed by atoms with Crippen LogP contribution in [0.1, 0.15) is 0 Å². The Labute approximate surface area is 132 Å². The summed E-state index contributed by atoms with van der Waals surface area (Å²) < 4.78 is 3.29. The molecule has 112 valence electrons. The zero-order valence-electron chi connectivity index (χ0n) is 12.3. The van der Waals surface area contributed by atoms with Crippen LogP contribution in [0.15, 0.2) is 73.1 Å². The average Bonchev–Trinajstić information content (AvgIpc) is 3.00. The van der Waals surface area contributed by atoms with Gasteiger partial charge in [0.15, 0.2) is 11.1 Å². The number of rotatable bonds is 2. The molecule has 0 saturated carbocycles. The predicted molar refractivity (Wildman–Crippen MR) is 90.5 cm³/mol. The lowest BCUT2D eigenvalue weighted by molar-refractivity contribution is 0.862. The molecule has 2 heterocycles. The zero-order chi connectivity index (χ0) is 15.8. The van der Waals surface area contributed by atoms with Crippen LogP contribution in [0, 0.1) is 5.41 Å². The summed E-state index contributed by atoms with van der Waals surface area (Å²) in [5, 5.41) is 8.93. The maximum absolute atomic E-state index is 8.21. The highest BCUT2D eigenvalue weighted by Gasteiger charge is 2.15. The smallest absolute Gasteiger partial charge is 0.156 e. The van der Waals surface area contributed by atoms with Crippen molar-refractivity contribution in [1.82, 2.24) is 14.2 Å². The van der Waals surface area contributed by atoms with Gasteiger partial charge in [0.25, 0.3) is 0 Å². The molecule has 0 unspecified atom stereocenters. The largest absolute Gasteiger partial charge is 0.336 e. The van der Waals surface area contributed by atoms with Crippen LogP contribution >= 0.6 is 0 Å². The normalized spacial score (nSPS) is 11.0. The van der Waals surface area contributed by atoms with Gasteiger partial charge in [-0.05, 0) is 23.8 Å². The van der Waals surface area contributed by atoms with E-state index in [0.29, 0.717) is 0 Å². The Hall–Kier alpha value is -3.34. The van der Waals surface area contributed by atoms with E-state index in [0.717, 1.165) is 28.0 Å². The van der Waals surface area contributed by atoms with E-state index in [1.807, 2.05) is 66.7 Å². The molecule has 3 N–H and O–H groups in total. The van der Waals surface area contributed by atoms with E-state index in [2.05, 4.69) is 9.55 Å². The number of hydrogen-bond acceptors (Lipinski definition) is 3. The Morgan fingerprint density at radius 3 is 2.26 bits per heavy atom. The molecular weight excluding hydrogens is 286 g/mol. The van der Waals surface area contributed by atoms with Gasteiger partial charge in [0.1, 0.15) is 6.33 Å². The third kappa shape index (κ3) is 2.10. The molecule has 0 radical (unpaired) electrons. The van der Waals surface area contributed by atoms with E-state index in [9.17, 15) is 0 Å². The predicted octanol–water partition coefficient (Wildman–Crippen LogP) is 2.69. The van der Waals surface area contributed by atoms with Crippen LogP contribution in [0.3, 0.4) is 0 Å². The Bertz CT molecular complexity index is 1030. The quantitative estimate of drug-likeness (QED) is 0.559. The van der Waals surface area contributed by atoms with Gasteiger partial charge in [-0.25, -0.2) is 9.66 Å². The highest BCUT2D eigenvalue weighted by Crippen LogP contribution is 2.28. The van der Waals surface area contributed by atoms with Crippen LogP contribution in [0.5, 0.6) is 0 Å². The first kappa shape index (κ1) is 13.3. The topological polar surface area (TPSA) is 72.6 Å². The van der Waals surface area contributed by atoms with Gasteiger partial charge in [-0.3, -0.25) is 9.98 Å². The lowest BCUT2D eigenvalue weighted by Crippen LogP contribution is -2.27. The molecule has 0 amide bonds. The summed E-state index contributed by atoms with van der Waals surface area (Å²) in [7, 11) is 0. The fourth-order valence-electron chi connectivity index (χ4n) is 2.78. The van der Waals surface area contributed by atoms with E-state index >= 15 is 0 Å². The van der Waals surface area contributed by atoms with Gasteiger partial charge in [-0.15, -0.1) is 0 Å². The van der Waals surface area contributed by atoms with Crippen molar-refractivity contribution in [3.63, 3.8) is 0 Å². The first-order valence-corrected chi connectivity index (χ1v) is 7.29. The first-order chi connectivity index (χ1) is 11.3. The van der Waals surface area contributed by atoms with Gasteiger partial charge in [0, 0.05) is 5.69 Å². The van der Waals surface area contributed by atoms with Gasteiger partial charge in [0.05, 0.1) is 11.1 Å². The SMILES string of the molecule is N=c1c2cc(-c3ccccc3)n(-c3ccccc3)c2ncn1N. The number of benzene rings is 2. The molecule has 0 aliphatic heterocycles. The monoisotopic (exact) mass is 301 g/mol. The zero-order valence-corrected chi connectivity index (χ0v) is 12.3. The number of nitrogens with two attached hydrogens (primary N) is 1. The minimum atomic E-state index is 0.238. The molecule has 4 rings (SSSR count). The van der Waals surface area contributed by atoms with Crippen LogP contribution in [0.4, 0.5) is 0 Å². The number of para-hydroxylation sites is 1. The standard InChI is InChI=1S/C18H15N5/c19-17-15-11-16(13-7-3-1-4-8-13)23(14-9-5-2-6-10-14)18(15)21-12-22(17)20/h1-12,19H,20H2. The van der Waals surface area contributed by atoms with Crippen LogP contribution in [-0.4, -0.2) is 14.2 Å². The molecule has 5 heteroatoms. The van der Waals surface area contributed by atoms with Gasteiger partial charge in [-0.1, -0.05) is 48.5 Å². The van der Waals surface area contributed by atoms with Crippen LogP contribution in [0.2, 0.25) is 0 Å². The molecule has 23 heavy (non-hydrogen) atoms. The van der Waals surface area contributed by atoms with Crippen molar-refractivity contribution >= 4 is 11.0 Å². The van der Waals surface area contributed by atoms with Crippen molar-refractivity contribution < 1.29 is 0 Å². The molecule has 0 fully saturated rings. The summed E-state index contributed by atoms with van der Waals surface area (Å²) >= 11 is 0. The molecule has 2 aromatic carbocycles. The fourth-order valence-corrected chi connectivity index (χ4v) is 2.78. The molecule has 0 aliphatic carbocycles. The Morgan fingerprint density at radius 1 is 0.913 bits per heavy atom. The third-order valence-electron chi connectivity index (χ3n) is 3.88. The summed E-state index contributed by atoms with van der Waals surface area (Å²) in [5.74, 6) is 5.78. The average molecular weight is 301 g/mol. The first-order valence-electron chi connectivity index (χ1n) is 7.29. The fraction of sp³-hybridized carbons (Fsp3) is 0. The number of nitrogen functional groups attached to an aromatic ring is 1. The third-order valence-corrected chi connectivity index (χ3v) is 3.88. The van der Waals surface area contributed by atoms with Crippen molar-refractivity contribution in [2.45, 2.75) is 0 Å². The second kappa shape index (κ2) is 5.14. The molecule has 0 bridgehead atoms. The summed E-state index contributed by atoms with van der Waals surface area (Å²) in [5.41, 5.74) is 4.02.